The molecule has 2 rings (SSSR count). The zero-order valence-electron chi connectivity index (χ0n) is 12.4. The average molecular weight is 326 g/mol. The van der Waals surface area contributed by atoms with Crippen LogP contribution in [0.25, 0.3) is 0 Å². The van der Waals surface area contributed by atoms with Crippen molar-refractivity contribution in [3.8, 4) is 0 Å². The molecule has 0 aliphatic heterocycles. The first kappa shape index (κ1) is 16.3. The third-order valence-corrected chi connectivity index (χ3v) is 4.34. The van der Waals surface area contributed by atoms with Gasteiger partial charge in [-0.3, -0.25) is 0 Å². The molecule has 0 fully saturated rings. The molecule has 1 aromatic heterocycles. The van der Waals surface area contributed by atoms with Gasteiger partial charge in [-0.15, -0.1) is 0 Å². The van der Waals surface area contributed by atoms with Crippen molar-refractivity contribution in [2.75, 3.05) is 6.54 Å². The van der Waals surface area contributed by atoms with Gasteiger partial charge < -0.3 is 9.88 Å². The van der Waals surface area contributed by atoms with Crippen LogP contribution in [-0.2, 0) is 19.9 Å². The standard InChI is InChI=1S/C16H21Cl2N3/c1-3-19-13(5-7-16-20-8-9-21(16)2)10-12-4-6-14(17)15(18)11-12/h4,6,8-9,11,13,19H,3,5,7,10H2,1-2H3. The zero-order valence-corrected chi connectivity index (χ0v) is 14.0. The second-order valence-electron chi connectivity index (χ2n) is 5.20. The minimum Gasteiger partial charge on any atom is -0.338 e. The van der Waals surface area contributed by atoms with E-state index in [9.17, 15) is 0 Å². The first-order valence-corrected chi connectivity index (χ1v) is 7.99. The molecule has 2 aromatic rings. The summed E-state index contributed by atoms with van der Waals surface area (Å²) in [7, 11) is 2.03. The quantitative estimate of drug-likeness (QED) is 0.837. The minimum atomic E-state index is 0.406. The summed E-state index contributed by atoms with van der Waals surface area (Å²) >= 11 is 12.1. The molecule has 114 valence electrons. The fourth-order valence-electron chi connectivity index (χ4n) is 2.46. The lowest BCUT2D eigenvalue weighted by atomic mass is 10.0. The number of aromatic nitrogens is 2. The largest absolute Gasteiger partial charge is 0.338 e. The smallest absolute Gasteiger partial charge is 0.108 e. The van der Waals surface area contributed by atoms with Crippen LogP contribution < -0.4 is 5.32 Å². The Kier molecular flexibility index (Phi) is 6.09. The first-order chi connectivity index (χ1) is 10.1. The lowest BCUT2D eigenvalue weighted by Crippen LogP contribution is -2.31. The van der Waals surface area contributed by atoms with Gasteiger partial charge in [-0.2, -0.15) is 0 Å². The maximum absolute atomic E-state index is 6.09. The Labute approximate surface area is 136 Å². The number of nitrogens with zero attached hydrogens (tertiary/aromatic N) is 2. The Morgan fingerprint density at radius 2 is 2.10 bits per heavy atom. The van der Waals surface area contributed by atoms with E-state index in [4.69, 9.17) is 23.2 Å². The SMILES string of the molecule is CCNC(CCc1nccn1C)Cc1ccc(Cl)c(Cl)c1. The second kappa shape index (κ2) is 7.83. The van der Waals surface area contributed by atoms with E-state index in [0.717, 1.165) is 31.6 Å². The van der Waals surface area contributed by atoms with E-state index in [-0.39, 0.29) is 0 Å². The molecule has 3 nitrogen and oxygen atoms in total. The van der Waals surface area contributed by atoms with Gasteiger partial charge in [0.25, 0.3) is 0 Å². The van der Waals surface area contributed by atoms with Gasteiger partial charge in [0, 0.05) is 31.9 Å². The molecule has 5 heteroatoms. The topological polar surface area (TPSA) is 29.9 Å². The Hall–Kier alpha value is -1.03. The Bertz CT molecular complexity index is 581. The van der Waals surface area contributed by atoms with Crippen molar-refractivity contribution in [1.29, 1.82) is 0 Å². The number of rotatable bonds is 7. The van der Waals surface area contributed by atoms with E-state index >= 15 is 0 Å². The minimum absolute atomic E-state index is 0.406. The van der Waals surface area contributed by atoms with Crippen LogP contribution in [0.4, 0.5) is 0 Å². The molecular weight excluding hydrogens is 305 g/mol. The maximum atomic E-state index is 6.09. The molecule has 0 saturated heterocycles. The van der Waals surface area contributed by atoms with Crippen LogP contribution in [0.3, 0.4) is 0 Å². The molecule has 1 unspecified atom stereocenters. The second-order valence-corrected chi connectivity index (χ2v) is 6.01. The number of imidazole rings is 1. The third kappa shape index (κ3) is 4.73. The third-order valence-electron chi connectivity index (χ3n) is 3.60. The number of aryl methyl sites for hydroxylation is 2. The summed E-state index contributed by atoms with van der Waals surface area (Å²) in [6, 6.07) is 6.26. The molecule has 1 aromatic carbocycles. The summed E-state index contributed by atoms with van der Waals surface area (Å²) in [6.07, 6.45) is 6.77. The van der Waals surface area contributed by atoms with Crippen LogP contribution in [0.2, 0.25) is 10.0 Å². The van der Waals surface area contributed by atoms with E-state index in [1.54, 1.807) is 0 Å². The Morgan fingerprint density at radius 1 is 1.29 bits per heavy atom. The van der Waals surface area contributed by atoms with E-state index in [1.807, 2.05) is 37.6 Å². The molecule has 0 aliphatic carbocycles. The van der Waals surface area contributed by atoms with Crippen molar-refractivity contribution in [1.82, 2.24) is 14.9 Å². The number of benzene rings is 1. The van der Waals surface area contributed by atoms with E-state index in [2.05, 4.69) is 21.8 Å². The number of nitrogens with one attached hydrogen (secondary N) is 1. The van der Waals surface area contributed by atoms with Gasteiger partial charge in [-0.05, 0) is 37.1 Å². The van der Waals surface area contributed by atoms with Crippen LogP contribution in [0.5, 0.6) is 0 Å². The van der Waals surface area contributed by atoms with E-state index < -0.39 is 0 Å². The van der Waals surface area contributed by atoms with Gasteiger partial charge in [0.2, 0.25) is 0 Å². The lowest BCUT2D eigenvalue weighted by Gasteiger charge is -2.18. The molecule has 0 amide bonds. The van der Waals surface area contributed by atoms with Crippen LogP contribution in [0.1, 0.15) is 24.7 Å². The molecule has 1 atom stereocenters. The highest BCUT2D eigenvalue weighted by Crippen LogP contribution is 2.23. The van der Waals surface area contributed by atoms with Crippen LogP contribution in [-0.4, -0.2) is 22.1 Å². The van der Waals surface area contributed by atoms with Crippen molar-refractivity contribution in [2.45, 2.75) is 32.2 Å². The predicted octanol–water partition coefficient (Wildman–Crippen LogP) is 3.88. The predicted molar refractivity (Wildman–Crippen MR) is 89.2 cm³/mol. The molecule has 0 bridgehead atoms. The van der Waals surface area contributed by atoms with Crippen molar-refractivity contribution < 1.29 is 0 Å². The highest BCUT2D eigenvalue weighted by Gasteiger charge is 2.11. The maximum Gasteiger partial charge on any atom is 0.108 e. The fourth-order valence-corrected chi connectivity index (χ4v) is 2.78. The van der Waals surface area contributed by atoms with Crippen LogP contribution in [0, 0.1) is 0 Å². The summed E-state index contributed by atoms with van der Waals surface area (Å²) in [6.45, 7) is 3.08. The van der Waals surface area contributed by atoms with Gasteiger partial charge >= 0.3 is 0 Å². The number of hydrogen-bond acceptors (Lipinski definition) is 2. The van der Waals surface area contributed by atoms with Crippen LogP contribution in [0.15, 0.2) is 30.6 Å². The Morgan fingerprint density at radius 3 is 2.71 bits per heavy atom. The summed E-state index contributed by atoms with van der Waals surface area (Å²) in [5.74, 6) is 1.12. The van der Waals surface area contributed by atoms with Crippen molar-refractivity contribution >= 4 is 23.2 Å². The van der Waals surface area contributed by atoms with Gasteiger partial charge in [0.05, 0.1) is 10.0 Å². The normalized spacial score (nSPS) is 12.6. The monoisotopic (exact) mass is 325 g/mol. The van der Waals surface area contributed by atoms with Gasteiger partial charge in [-0.25, -0.2) is 4.98 Å². The average Bonchev–Trinajstić information content (AvgIpc) is 2.86. The van der Waals surface area contributed by atoms with E-state index in [0.29, 0.717) is 16.1 Å². The summed E-state index contributed by atoms with van der Waals surface area (Å²) in [5.41, 5.74) is 1.20. The number of likely N-dealkylation sites (N-methyl/N-ethyl adjacent to an activating group) is 1. The van der Waals surface area contributed by atoms with Crippen molar-refractivity contribution in [3.05, 3.63) is 52.0 Å². The van der Waals surface area contributed by atoms with Crippen molar-refractivity contribution in [3.63, 3.8) is 0 Å². The molecule has 0 aliphatic rings. The zero-order chi connectivity index (χ0) is 15.2. The fraction of sp³-hybridized carbons (Fsp3) is 0.438. The van der Waals surface area contributed by atoms with Gasteiger partial charge in [-0.1, -0.05) is 36.2 Å². The molecule has 0 spiro atoms. The molecule has 21 heavy (non-hydrogen) atoms. The van der Waals surface area contributed by atoms with Gasteiger partial charge in [0.1, 0.15) is 5.82 Å². The molecule has 0 radical (unpaired) electrons. The highest BCUT2D eigenvalue weighted by atomic mass is 35.5. The molecule has 0 saturated carbocycles. The molecular formula is C16H21Cl2N3. The summed E-state index contributed by atoms with van der Waals surface area (Å²) < 4.78 is 2.07. The number of hydrogen-bond donors (Lipinski definition) is 1. The lowest BCUT2D eigenvalue weighted by molar-refractivity contribution is 0.483. The van der Waals surface area contributed by atoms with Crippen LogP contribution >= 0.6 is 23.2 Å². The Balaban J connectivity index is 1.98. The van der Waals surface area contributed by atoms with E-state index in [1.165, 1.54) is 5.56 Å². The molecule has 1 N–H and O–H groups in total. The highest BCUT2D eigenvalue weighted by molar-refractivity contribution is 6.42. The summed E-state index contributed by atoms with van der Waals surface area (Å²) in [4.78, 5) is 4.38. The van der Waals surface area contributed by atoms with Gasteiger partial charge in [0.15, 0.2) is 0 Å². The van der Waals surface area contributed by atoms with Crippen molar-refractivity contribution in [2.24, 2.45) is 7.05 Å². The molecule has 1 heterocycles. The first-order valence-electron chi connectivity index (χ1n) is 7.23. The summed E-state index contributed by atoms with van der Waals surface area (Å²) in [5, 5.41) is 4.76. The number of halogens is 2.